The van der Waals surface area contributed by atoms with Crippen LogP contribution in [-0.2, 0) is 4.79 Å². The van der Waals surface area contributed by atoms with Crippen LogP contribution in [0.25, 0.3) is 22.1 Å². The molecule has 6 heteroatoms. The van der Waals surface area contributed by atoms with E-state index in [1.807, 2.05) is 54.6 Å². The fourth-order valence-electron chi connectivity index (χ4n) is 4.87. The van der Waals surface area contributed by atoms with Crippen molar-refractivity contribution in [2.45, 2.75) is 45.6 Å². The first-order valence-electron chi connectivity index (χ1n) is 12.8. The smallest absolute Gasteiger partial charge is 0.258 e. The third-order valence-electron chi connectivity index (χ3n) is 7.00. The van der Waals surface area contributed by atoms with Gasteiger partial charge in [0.2, 0.25) is 11.2 Å². The highest BCUT2D eigenvalue weighted by molar-refractivity contribution is 5.80. The van der Waals surface area contributed by atoms with E-state index < -0.39 is 0 Å². The van der Waals surface area contributed by atoms with Gasteiger partial charge in [0.05, 0.1) is 5.39 Å². The van der Waals surface area contributed by atoms with Crippen LogP contribution in [0.1, 0.15) is 38.4 Å². The Morgan fingerprint density at radius 2 is 1.65 bits per heavy atom. The average molecular weight is 498 g/mol. The molecule has 3 aromatic carbocycles. The Kier molecular flexibility index (Phi) is 7.26. The molecule has 1 saturated carbocycles. The van der Waals surface area contributed by atoms with Gasteiger partial charge in [0.15, 0.2) is 6.61 Å². The summed E-state index contributed by atoms with van der Waals surface area (Å²) in [6.07, 6.45) is 4.51. The molecule has 0 saturated heterocycles. The summed E-state index contributed by atoms with van der Waals surface area (Å²) in [4.78, 5) is 25.6. The number of carbonyl (C=O) groups is 1. The van der Waals surface area contributed by atoms with Crippen molar-refractivity contribution in [2.75, 3.05) is 6.61 Å². The Labute approximate surface area is 216 Å². The van der Waals surface area contributed by atoms with E-state index in [9.17, 15) is 9.59 Å². The summed E-state index contributed by atoms with van der Waals surface area (Å²) in [6, 6.07) is 22.8. The maximum absolute atomic E-state index is 13.2. The van der Waals surface area contributed by atoms with E-state index in [-0.39, 0.29) is 29.7 Å². The van der Waals surface area contributed by atoms with Crippen LogP contribution in [0, 0.1) is 12.8 Å². The van der Waals surface area contributed by atoms with Crippen LogP contribution in [0.2, 0.25) is 0 Å². The molecule has 1 N–H and O–H groups in total. The first-order chi connectivity index (χ1) is 18.0. The second kappa shape index (κ2) is 10.9. The number of hydrogen-bond donors (Lipinski definition) is 1. The van der Waals surface area contributed by atoms with Crippen LogP contribution in [0.3, 0.4) is 0 Å². The molecule has 5 rings (SSSR count). The topological polar surface area (TPSA) is 77.8 Å². The molecule has 1 aliphatic rings. The predicted octanol–water partition coefficient (Wildman–Crippen LogP) is 6.63. The number of ether oxygens (including phenoxy) is 2. The second-order valence-electron chi connectivity index (χ2n) is 9.69. The maximum atomic E-state index is 13.2. The van der Waals surface area contributed by atoms with E-state index >= 15 is 0 Å². The minimum absolute atomic E-state index is 0.0852. The summed E-state index contributed by atoms with van der Waals surface area (Å²) in [5.41, 5.74) is 2.29. The van der Waals surface area contributed by atoms with Gasteiger partial charge in [-0.1, -0.05) is 62.2 Å². The van der Waals surface area contributed by atoms with Crippen molar-refractivity contribution in [3.05, 3.63) is 88.8 Å². The third-order valence-corrected chi connectivity index (χ3v) is 7.00. The molecule has 1 fully saturated rings. The van der Waals surface area contributed by atoms with Gasteiger partial charge in [-0.25, -0.2) is 0 Å². The number of fused-ring (bicyclic) bond motifs is 1. The van der Waals surface area contributed by atoms with E-state index in [2.05, 4.69) is 12.2 Å². The number of benzene rings is 3. The fraction of sp³-hybridized carbons (Fsp3) is 0.290. The van der Waals surface area contributed by atoms with Gasteiger partial charge in [-0.05, 0) is 61.1 Å². The van der Waals surface area contributed by atoms with E-state index in [4.69, 9.17) is 13.9 Å². The molecule has 0 bridgehead atoms. The van der Waals surface area contributed by atoms with Crippen LogP contribution >= 0.6 is 0 Å². The van der Waals surface area contributed by atoms with Gasteiger partial charge < -0.3 is 19.2 Å². The zero-order chi connectivity index (χ0) is 25.8. The molecule has 0 radical (unpaired) electrons. The van der Waals surface area contributed by atoms with Gasteiger partial charge in [0.1, 0.15) is 22.8 Å². The van der Waals surface area contributed by atoms with E-state index in [0.717, 1.165) is 30.4 Å². The van der Waals surface area contributed by atoms with Gasteiger partial charge >= 0.3 is 0 Å². The number of rotatable bonds is 7. The standard InChI is InChI=1S/C31H31NO5/c1-20-8-6-7-11-27(20)32-29(33)19-35-25-16-17-26-28(18-25)36-21(2)31(30(26)34)37-24-14-12-23(13-15-24)22-9-4-3-5-10-22/h3-5,9-10,12-18,20,27H,6-8,11,19H2,1-2H3,(H,32,33)/t20-,27-/m0/s1. The first-order valence-corrected chi connectivity index (χ1v) is 12.8. The van der Waals surface area contributed by atoms with Crippen molar-refractivity contribution in [1.82, 2.24) is 5.32 Å². The molecular weight excluding hydrogens is 466 g/mol. The van der Waals surface area contributed by atoms with E-state index in [1.54, 1.807) is 25.1 Å². The summed E-state index contributed by atoms with van der Waals surface area (Å²) in [6.45, 7) is 3.79. The molecule has 0 spiro atoms. The molecule has 0 aliphatic heterocycles. The number of carbonyl (C=O) groups excluding carboxylic acids is 1. The SMILES string of the molecule is Cc1oc2cc(OCC(=O)N[C@H]3CCCC[C@@H]3C)ccc2c(=O)c1Oc1ccc(-c2ccccc2)cc1. The molecule has 37 heavy (non-hydrogen) atoms. The molecule has 2 atom stereocenters. The molecule has 1 aliphatic carbocycles. The quantitative estimate of drug-likeness (QED) is 0.310. The summed E-state index contributed by atoms with van der Waals surface area (Å²) in [7, 11) is 0. The van der Waals surface area contributed by atoms with Crippen molar-refractivity contribution in [2.24, 2.45) is 5.92 Å². The minimum atomic E-state index is -0.263. The Bertz CT molecular complexity index is 1440. The van der Waals surface area contributed by atoms with Gasteiger partial charge in [-0.3, -0.25) is 9.59 Å². The fourth-order valence-corrected chi connectivity index (χ4v) is 4.87. The largest absolute Gasteiger partial charge is 0.484 e. The molecule has 0 unspecified atom stereocenters. The monoisotopic (exact) mass is 497 g/mol. The van der Waals surface area contributed by atoms with E-state index in [0.29, 0.717) is 34.1 Å². The molecule has 190 valence electrons. The van der Waals surface area contributed by atoms with Crippen LogP contribution < -0.4 is 20.2 Å². The van der Waals surface area contributed by atoms with E-state index in [1.165, 1.54) is 6.42 Å². The molecule has 6 nitrogen and oxygen atoms in total. The average Bonchev–Trinajstić information content (AvgIpc) is 2.92. The molecule has 1 aromatic heterocycles. The summed E-state index contributed by atoms with van der Waals surface area (Å²) < 4.78 is 17.6. The van der Waals surface area contributed by atoms with Crippen LogP contribution in [0.15, 0.2) is 82.0 Å². The van der Waals surface area contributed by atoms with Crippen molar-refractivity contribution < 1.29 is 18.7 Å². The maximum Gasteiger partial charge on any atom is 0.258 e. The zero-order valence-corrected chi connectivity index (χ0v) is 21.2. The Hall–Kier alpha value is -4.06. The first kappa shape index (κ1) is 24.6. The second-order valence-corrected chi connectivity index (χ2v) is 9.69. The van der Waals surface area contributed by atoms with Gasteiger partial charge in [0, 0.05) is 12.1 Å². The highest BCUT2D eigenvalue weighted by Crippen LogP contribution is 2.29. The van der Waals surface area contributed by atoms with Crippen molar-refractivity contribution in [3.8, 4) is 28.4 Å². The van der Waals surface area contributed by atoms with Crippen LogP contribution in [-0.4, -0.2) is 18.6 Å². The Morgan fingerprint density at radius 1 is 0.946 bits per heavy atom. The summed E-state index contributed by atoms with van der Waals surface area (Å²) in [5, 5.41) is 3.47. The molecular formula is C31H31NO5. The lowest BCUT2D eigenvalue weighted by atomic mass is 9.86. The van der Waals surface area contributed by atoms with Crippen LogP contribution in [0.4, 0.5) is 0 Å². The predicted molar refractivity (Wildman–Crippen MR) is 144 cm³/mol. The van der Waals surface area contributed by atoms with Crippen molar-refractivity contribution >= 4 is 16.9 Å². The highest BCUT2D eigenvalue weighted by atomic mass is 16.5. The number of amides is 1. The highest BCUT2D eigenvalue weighted by Gasteiger charge is 2.23. The molecule has 1 heterocycles. The Balaban J connectivity index is 1.27. The number of aryl methyl sites for hydroxylation is 1. The summed E-state index contributed by atoms with van der Waals surface area (Å²) >= 11 is 0. The zero-order valence-electron chi connectivity index (χ0n) is 21.2. The lowest BCUT2D eigenvalue weighted by molar-refractivity contribution is -0.124. The number of hydrogen-bond acceptors (Lipinski definition) is 5. The normalized spacial score (nSPS) is 17.4. The van der Waals surface area contributed by atoms with Gasteiger partial charge in [-0.15, -0.1) is 0 Å². The Morgan fingerprint density at radius 3 is 2.41 bits per heavy atom. The van der Waals surface area contributed by atoms with Gasteiger partial charge in [0.25, 0.3) is 5.91 Å². The minimum Gasteiger partial charge on any atom is -0.484 e. The van der Waals surface area contributed by atoms with Crippen molar-refractivity contribution in [1.29, 1.82) is 0 Å². The van der Waals surface area contributed by atoms with Gasteiger partial charge in [-0.2, -0.15) is 0 Å². The summed E-state index contributed by atoms with van der Waals surface area (Å²) in [5.74, 6) is 1.87. The lowest BCUT2D eigenvalue weighted by Crippen LogP contribution is -2.43. The molecule has 4 aromatic rings. The van der Waals surface area contributed by atoms with Crippen molar-refractivity contribution in [3.63, 3.8) is 0 Å². The third kappa shape index (κ3) is 5.69. The molecule has 1 amide bonds. The lowest BCUT2D eigenvalue weighted by Gasteiger charge is -2.29. The van der Waals surface area contributed by atoms with Crippen LogP contribution in [0.5, 0.6) is 17.2 Å². The number of nitrogens with one attached hydrogen (secondary N) is 1.